The van der Waals surface area contributed by atoms with Crippen LogP contribution in [0.25, 0.3) is 0 Å². The highest BCUT2D eigenvalue weighted by Crippen LogP contribution is 2.30. The number of rotatable bonds is 4. The first-order chi connectivity index (χ1) is 12.6. The van der Waals surface area contributed by atoms with Crippen LogP contribution >= 0.6 is 23.8 Å². The van der Waals surface area contributed by atoms with Gasteiger partial charge in [0.2, 0.25) is 0 Å². The number of hydrogen-bond donors (Lipinski definition) is 1. The van der Waals surface area contributed by atoms with E-state index in [1.165, 1.54) is 5.69 Å². The molecule has 0 radical (unpaired) electrons. The molecule has 5 nitrogen and oxygen atoms in total. The van der Waals surface area contributed by atoms with Gasteiger partial charge in [0.1, 0.15) is 0 Å². The lowest BCUT2D eigenvalue weighted by atomic mass is 10.2. The van der Waals surface area contributed by atoms with Gasteiger partial charge in [0.05, 0.1) is 14.2 Å². The third-order valence-electron chi connectivity index (χ3n) is 4.39. The maximum atomic E-state index is 5.96. The first-order valence-corrected chi connectivity index (χ1v) is 9.18. The highest BCUT2D eigenvalue weighted by molar-refractivity contribution is 7.80. The molecule has 0 unspecified atom stereocenters. The fraction of sp³-hybridized carbons (Fsp3) is 0.316. The Kier molecular flexibility index (Phi) is 6.06. The number of nitrogens with one attached hydrogen (secondary N) is 1. The third kappa shape index (κ3) is 4.31. The molecule has 7 heteroatoms. The zero-order valence-corrected chi connectivity index (χ0v) is 16.4. The van der Waals surface area contributed by atoms with E-state index in [0.29, 0.717) is 16.6 Å². The van der Waals surface area contributed by atoms with Crippen LogP contribution in [0.2, 0.25) is 5.02 Å². The van der Waals surface area contributed by atoms with E-state index in [-0.39, 0.29) is 0 Å². The van der Waals surface area contributed by atoms with Crippen LogP contribution in [-0.4, -0.2) is 50.4 Å². The van der Waals surface area contributed by atoms with Crippen molar-refractivity contribution in [2.75, 3.05) is 50.6 Å². The van der Waals surface area contributed by atoms with E-state index in [9.17, 15) is 0 Å². The number of thiocarbonyl (C=S) groups is 1. The Morgan fingerprint density at radius 3 is 2.23 bits per heavy atom. The van der Waals surface area contributed by atoms with Crippen LogP contribution in [0.4, 0.5) is 11.4 Å². The predicted molar refractivity (Wildman–Crippen MR) is 111 cm³/mol. The minimum Gasteiger partial charge on any atom is -0.493 e. The quantitative estimate of drug-likeness (QED) is 0.797. The number of ether oxygens (including phenoxy) is 2. The van der Waals surface area contributed by atoms with E-state index in [1.54, 1.807) is 14.2 Å². The van der Waals surface area contributed by atoms with Crippen LogP contribution in [0, 0.1) is 0 Å². The Morgan fingerprint density at radius 1 is 0.962 bits per heavy atom. The number of piperazine rings is 1. The minimum atomic E-state index is 0.674. The Bertz CT molecular complexity index is 762. The van der Waals surface area contributed by atoms with Crippen molar-refractivity contribution < 1.29 is 9.47 Å². The summed E-state index contributed by atoms with van der Waals surface area (Å²) in [5, 5.41) is 4.76. The SMILES string of the molecule is COc1ccc(NC(=S)N2CCN(c3ccc(Cl)cc3)CC2)cc1OC. The lowest BCUT2D eigenvalue weighted by Crippen LogP contribution is -2.50. The van der Waals surface area contributed by atoms with Crippen LogP contribution in [0.15, 0.2) is 42.5 Å². The molecule has 26 heavy (non-hydrogen) atoms. The molecule has 0 aliphatic carbocycles. The van der Waals surface area contributed by atoms with Gasteiger partial charge in [-0.2, -0.15) is 0 Å². The van der Waals surface area contributed by atoms with Gasteiger partial charge in [-0.25, -0.2) is 0 Å². The zero-order valence-electron chi connectivity index (χ0n) is 14.9. The molecule has 0 spiro atoms. The number of nitrogens with zero attached hydrogens (tertiary/aromatic N) is 2. The minimum absolute atomic E-state index is 0.674. The Morgan fingerprint density at radius 2 is 1.62 bits per heavy atom. The fourth-order valence-electron chi connectivity index (χ4n) is 2.94. The first-order valence-electron chi connectivity index (χ1n) is 8.39. The van der Waals surface area contributed by atoms with E-state index in [1.807, 2.05) is 30.3 Å². The number of methoxy groups -OCH3 is 2. The molecule has 1 saturated heterocycles. The second kappa shape index (κ2) is 8.47. The normalized spacial score (nSPS) is 14.1. The largest absolute Gasteiger partial charge is 0.493 e. The van der Waals surface area contributed by atoms with Gasteiger partial charge in [0, 0.05) is 48.6 Å². The molecule has 1 aliphatic heterocycles. The molecule has 2 aromatic rings. The highest BCUT2D eigenvalue weighted by atomic mass is 35.5. The molecule has 0 bridgehead atoms. The number of hydrogen-bond acceptors (Lipinski definition) is 4. The Hall–Kier alpha value is -2.18. The van der Waals surface area contributed by atoms with Crippen molar-refractivity contribution in [2.45, 2.75) is 0 Å². The maximum absolute atomic E-state index is 5.96. The number of anilines is 2. The monoisotopic (exact) mass is 391 g/mol. The summed E-state index contributed by atoms with van der Waals surface area (Å²) in [4.78, 5) is 4.52. The van der Waals surface area contributed by atoms with E-state index < -0.39 is 0 Å². The molecule has 1 heterocycles. The average Bonchev–Trinajstić information content (AvgIpc) is 2.68. The molecule has 138 valence electrons. The first kappa shape index (κ1) is 18.6. The molecule has 0 aromatic heterocycles. The molecule has 0 atom stereocenters. The van der Waals surface area contributed by atoms with E-state index in [0.717, 1.165) is 36.9 Å². The van der Waals surface area contributed by atoms with Crippen LogP contribution in [0.1, 0.15) is 0 Å². The van der Waals surface area contributed by atoms with Crippen LogP contribution < -0.4 is 19.7 Å². The molecular weight excluding hydrogens is 370 g/mol. The molecule has 1 N–H and O–H groups in total. The van der Waals surface area contributed by atoms with Crippen molar-refractivity contribution in [3.8, 4) is 11.5 Å². The van der Waals surface area contributed by atoms with E-state index in [2.05, 4.69) is 27.2 Å². The van der Waals surface area contributed by atoms with E-state index in [4.69, 9.17) is 33.3 Å². The van der Waals surface area contributed by atoms with Gasteiger partial charge in [-0.05, 0) is 48.6 Å². The second-order valence-corrected chi connectivity index (χ2v) is 6.77. The number of benzene rings is 2. The van der Waals surface area contributed by atoms with Gasteiger partial charge in [-0.1, -0.05) is 11.6 Å². The van der Waals surface area contributed by atoms with E-state index >= 15 is 0 Å². The molecule has 1 fully saturated rings. The van der Waals surface area contributed by atoms with Crippen LogP contribution in [-0.2, 0) is 0 Å². The zero-order chi connectivity index (χ0) is 18.5. The summed E-state index contributed by atoms with van der Waals surface area (Å²) >= 11 is 11.5. The van der Waals surface area contributed by atoms with Gasteiger partial charge in [-0.3, -0.25) is 0 Å². The van der Waals surface area contributed by atoms with Crippen molar-refractivity contribution in [2.24, 2.45) is 0 Å². The van der Waals surface area contributed by atoms with Crippen molar-refractivity contribution in [3.63, 3.8) is 0 Å². The standard InChI is InChI=1S/C19H22ClN3O2S/c1-24-17-8-5-15(13-18(17)25-2)21-19(26)23-11-9-22(10-12-23)16-6-3-14(20)4-7-16/h3-8,13H,9-12H2,1-2H3,(H,21,26). The summed E-state index contributed by atoms with van der Waals surface area (Å²) in [7, 11) is 3.24. The fourth-order valence-corrected chi connectivity index (χ4v) is 3.36. The highest BCUT2D eigenvalue weighted by Gasteiger charge is 2.19. The van der Waals surface area contributed by atoms with Crippen molar-refractivity contribution in [1.82, 2.24) is 4.90 Å². The van der Waals surface area contributed by atoms with Crippen molar-refractivity contribution in [3.05, 3.63) is 47.5 Å². The molecule has 0 saturated carbocycles. The van der Waals surface area contributed by atoms with Gasteiger partial charge in [0.25, 0.3) is 0 Å². The van der Waals surface area contributed by atoms with Gasteiger partial charge in [0.15, 0.2) is 16.6 Å². The smallest absolute Gasteiger partial charge is 0.173 e. The summed E-state index contributed by atoms with van der Waals surface area (Å²) < 4.78 is 10.6. The molecule has 0 amide bonds. The summed E-state index contributed by atoms with van der Waals surface area (Å²) in [6, 6.07) is 13.6. The van der Waals surface area contributed by atoms with Crippen LogP contribution in [0.3, 0.4) is 0 Å². The molecular formula is C19H22ClN3O2S. The summed E-state index contributed by atoms with van der Waals surface area (Å²) in [6.45, 7) is 3.55. The van der Waals surface area contributed by atoms with Gasteiger partial charge >= 0.3 is 0 Å². The maximum Gasteiger partial charge on any atom is 0.173 e. The molecule has 2 aromatic carbocycles. The molecule has 1 aliphatic rings. The summed E-state index contributed by atoms with van der Waals surface area (Å²) in [6.07, 6.45) is 0. The number of halogens is 1. The van der Waals surface area contributed by atoms with Gasteiger partial charge < -0.3 is 24.6 Å². The van der Waals surface area contributed by atoms with Gasteiger partial charge in [-0.15, -0.1) is 0 Å². The Labute approximate surface area is 164 Å². The second-order valence-electron chi connectivity index (χ2n) is 5.95. The third-order valence-corrected chi connectivity index (χ3v) is 5.01. The molecule has 3 rings (SSSR count). The summed E-state index contributed by atoms with van der Waals surface area (Å²) in [5.74, 6) is 1.37. The van der Waals surface area contributed by atoms with Crippen LogP contribution in [0.5, 0.6) is 11.5 Å². The summed E-state index contributed by atoms with van der Waals surface area (Å²) in [5.41, 5.74) is 2.07. The average molecular weight is 392 g/mol. The Balaban J connectivity index is 1.57. The predicted octanol–water partition coefficient (Wildman–Crippen LogP) is 3.88. The van der Waals surface area contributed by atoms with Crippen molar-refractivity contribution >= 4 is 40.3 Å². The van der Waals surface area contributed by atoms with Crippen molar-refractivity contribution in [1.29, 1.82) is 0 Å². The lowest BCUT2D eigenvalue weighted by Gasteiger charge is -2.37. The lowest BCUT2D eigenvalue weighted by molar-refractivity contribution is 0.355. The topological polar surface area (TPSA) is 37.0 Å².